The van der Waals surface area contributed by atoms with Crippen molar-refractivity contribution in [3.8, 4) is 11.1 Å². The zero-order valence-electron chi connectivity index (χ0n) is 21.2. The number of amidine groups is 1. The van der Waals surface area contributed by atoms with Crippen molar-refractivity contribution in [2.75, 3.05) is 6.54 Å². The lowest BCUT2D eigenvalue weighted by Crippen LogP contribution is -2.21. The van der Waals surface area contributed by atoms with Gasteiger partial charge in [-0.15, -0.1) is 0 Å². The lowest BCUT2D eigenvalue weighted by molar-refractivity contribution is 0.568. The van der Waals surface area contributed by atoms with E-state index in [1.165, 1.54) is 33.4 Å². The Balaban J connectivity index is 1.39. The number of hydrogen-bond acceptors (Lipinski definition) is 3. The Hall–Kier alpha value is -3.66. The molecule has 1 aromatic heterocycles. The summed E-state index contributed by atoms with van der Waals surface area (Å²) in [4.78, 5) is 5.00. The molecular weight excluding hydrogens is 442 g/mol. The average molecular weight is 476 g/mol. The molecule has 0 saturated heterocycles. The molecule has 0 radical (unpaired) electrons. The van der Waals surface area contributed by atoms with E-state index in [2.05, 4.69) is 57.2 Å². The van der Waals surface area contributed by atoms with Gasteiger partial charge in [-0.05, 0) is 87.4 Å². The van der Waals surface area contributed by atoms with E-state index in [0.717, 1.165) is 41.5 Å². The molecule has 3 N–H and O–H groups in total. The fourth-order valence-corrected chi connectivity index (χ4v) is 5.97. The normalized spacial score (nSPS) is 20.9. The molecule has 3 unspecified atom stereocenters. The molecule has 3 atom stereocenters. The van der Waals surface area contributed by atoms with Crippen molar-refractivity contribution >= 4 is 22.3 Å². The first kappa shape index (κ1) is 22.8. The predicted molar refractivity (Wildman–Crippen MR) is 148 cm³/mol. The van der Waals surface area contributed by atoms with Crippen molar-refractivity contribution in [3.05, 3.63) is 94.9 Å². The lowest BCUT2D eigenvalue weighted by Gasteiger charge is -2.26. The maximum Gasteiger partial charge on any atom is 0.122 e. The first-order chi connectivity index (χ1) is 17.4. The number of nitrogens with one attached hydrogen (secondary N) is 1. The number of nitrogen functional groups attached to an aromatic ring is 1. The third kappa shape index (κ3) is 3.85. The fourth-order valence-electron chi connectivity index (χ4n) is 5.97. The monoisotopic (exact) mass is 475 g/mol. The molecule has 6 rings (SSSR count). The number of nitrogens with two attached hydrogens (primary N) is 1. The molecule has 1 saturated carbocycles. The lowest BCUT2D eigenvalue weighted by atomic mass is 9.83. The van der Waals surface area contributed by atoms with Gasteiger partial charge >= 0.3 is 0 Å². The van der Waals surface area contributed by atoms with Crippen LogP contribution in [0.25, 0.3) is 21.9 Å². The van der Waals surface area contributed by atoms with Gasteiger partial charge in [-0.2, -0.15) is 0 Å². The smallest absolute Gasteiger partial charge is 0.122 e. The van der Waals surface area contributed by atoms with Crippen molar-refractivity contribution in [1.29, 1.82) is 5.41 Å². The summed E-state index contributed by atoms with van der Waals surface area (Å²) in [5.41, 5.74) is 15.6. The highest BCUT2D eigenvalue weighted by Gasteiger charge is 2.40. The molecule has 0 spiro atoms. The van der Waals surface area contributed by atoms with Gasteiger partial charge in [0.05, 0.1) is 12.5 Å². The summed E-state index contributed by atoms with van der Waals surface area (Å²) in [6.45, 7) is 7.70. The Morgan fingerprint density at radius 2 is 1.83 bits per heavy atom. The van der Waals surface area contributed by atoms with Crippen LogP contribution in [-0.2, 0) is 0 Å². The average Bonchev–Trinajstić information content (AvgIpc) is 3.50. The highest BCUT2D eigenvalue weighted by molar-refractivity contribution is 6.05. The van der Waals surface area contributed by atoms with Crippen molar-refractivity contribution in [3.63, 3.8) is 0 Å². The largest absolute Gasteiger partial charge is 0.472 e. The van der Waals surface area contributed by atoms with Gasteiger partial charge in [-0.25, -0.2) is 0 Å². The van der Waals surface area contributed by atoms with Crippen LogP contribution in [0.3, 0.4) is 0 Å². The topological polar surface area (TPSA) is 75.4 Å². The summed E-state index contributed by atoms with van der Waals surface area (Å²) in [6.07, 6.45) is 5.80. The zero-order valence-corrected chi connectivity index (χ0v) is 21.2. The summed E-state index contributed by atoms with van der Waals surface area (Å²) in [5.74, 6) is 2.07. The van der Waals surface area contributed by atoms with Crippen LogP contribution in [0.4, 0.5) is 0 Å². The highest BCUT2D eigenvalue weighted by Crippen LogP contribution is 2.56. The van der Waals surface area contributed by atoms with E-state index in [1.807, 2.05) is 18.2 Å². The summed E-state index contributed by atoms with van der Waals surface area (Å²) in [6, 6.07) is 19.9. The summed E-state index contributed by atoms with van der Waals surface area (Å²) < 4.78 is 5.42. The SMILES string of the molecule is CCC1CN=C(C(C)C)c2cc(C3CC3c3cc(-c4ccoc4)c4cc(C(=N)N)ccc4c3)ccc21. The number of aliphatic imine (C=N–C) groups is 1. The van der Waals surface area contributed by atoms with Gasteiger partial charge < -0.3 is 10.2 Å². The third-order valence-corrected chi connectivity index (χ3v) is 8.08. The van der Waals surface area contributed by atoms with E-state index in [-0.39, 0.29) is 5.84 Å². The van der Waals surface area contributed by atoms with Gasteiger partial charge in [-0.1, -0.05) is 57.2 Å². The van der Waals surface area contributed by atoms with Crippen LogP contribution in [0.2, 0.25) is 0 Å². The second-order valence-corrected chi connectivity index (χ2v) is 10.7. The van der Waals surface area contributed by atoms with E-state index >= 15 is 0 Å². The van der Waals surface area contributed by atoms with Crippen LogP contribution in [0.15, 0.2) is 76.5 Å². The first-order valence-corrected chi connectivity index (χ1v) is 13.1. The maximum absolute atomic E-state index is 7.88. The van der Waals surface area contributed by atoms with Crippen molar-refractivity contribution in [1.82, 2.24) is 0 Å². The first-order valence-electron chi connectivity index (χ1n) is 13.1. The standard InChI is InChI=1S/C32H33N3O/c1-4-19-16-35-31(18(2)3)30-12-21(7-8-25(19)30)28-15-29(28)24-11-20-5-6-22(32(33)34)13-26(20)27(14-24)23-9-10-36-17-23/h5-14,17-19,28-29H,4,15-16H2,1-3H3,(H3,33,34). The Morgan fingerprint density at radius 3 is 2.56 bits per heavy atom. The van der Waals surface area contributed by atoms with Gasteiger partial charge in [0.15, 0.2) is 0 Å². The molecule has 1 fully saturated rings. The van der Waals surface area contributed by atoms with E-state index < -0.39 is 0 Å². The van der Waals surface area contributed by atoms with E-state index in [4.69, 9.17) is 20.6 Å². The maximum atomic E-state index is 7.88. The Labute approximate surface area is 212 Å². The molecule has 2 aliphatic rings. The van der Waals surface area contributed by atoms with Crippen molar-refractivity contribution in [2.24, 2.45) is 16.6 Å². The van der Waals surface area contributed by atoms with E-state index in [0.29, 0.717) is 23.7 Å². The summed E-state index contributed by atoms with van der Waals surface area (Å²) in [5, 5.41) is 10.2. The number of furan rings is 1. The van der Waals surface area contributed by atoms with Crippen LogP contribution in [0.5, 0.6) is 0 Å². The van der Waals surface area contributed by atoms with Gasteiger partial charge in [0.2, 0.25) is 0 Å². The molecule has 182 valence electrons. The molecule has 2 heterocycles. The number of fused-ring (bicyclic) bond motifs is 2. The number of nitrogens with zero attached hydrogens (tertiary/aromatic N) is 1. The predicted octanol–water partition coefficient (Wildman–Crippen LogP) is 7.61. The van der Waals surface area contributed by atoms with Gasteiger partial charge in [0.25, 0.3) is 0 Å². The Morgan fingerprint density at radius 1 is 1.03 bits per heavy atom. The number of hydrogen-bond donors (Lipinski definition) is 2. The molecule has 0 amide bonds. The molecule has 4 nitrogen and oxygen atoms in total. The van der Waals surface area contributed by atoms with E-state index in [9.17, 15) is 0 Å². The van der Waals surface area contributed by atoms with Gasteiger partial charge in [0, 0.05) is 29.3 Å². The molecule has 36 heavy (non-hydrogen) atoms. The van der Waals surface area contributed by atoms with Crippen LogP contribution in [-0.4, -0.2) is 18.1 Å². The summed E-state index contributed by atoms with van der Waals surface area (Å²) >= 11 is 0. The van der Waals surface area contributed by atoms with E-state index in [1.54, 1.807) is 12.5 Å². The minimum atomic E-state index is 0.0865. The zero-order chi connectivity index (χ0) is 25.0. The van der Waals surface area contributed by atoms with Crippen molar-refractivity contribution < 1.29 is 4.42 Å². The molecule has 4 heteroatoms. The van der Waals surface area contributed by atoms with Crippen LogP contribution >= 0.6 is 0 Å². The quantitative estimate of drug-likeness (QED) is 0.222. The van der Waals surface area contributed by atoms with Crippen LogP contribution in [0, 0.1) is 11.3 Å². The highest BCUT2D eigenvalue weighted by atomic mass is 16.3. The van der Waals surface area contributed by atoms with Crippen LogP contribution < -0.4 is 5.73 Å². The molecule has 1 aliphatic carbocycles. The Bertz CT molecular complexity index is 1500. The molecular formula is C32H33N3O. The van der Waals surface area contributed by atoms with Gasteiger partial charge in [0.1, 0.15) is 5.84 Å². The number of benzene rings is 3. The molecule has 1 aliphatic heterocycles. The van der Waals surface area contributed by atoms with Crippen molar-refractivity contribution in [2.45, 2.75) is 51.4 Å². The molecule has 3 aromatic carbocycles. The minimum Gasteiger partial charge on any atom is -0.472 e. The van der Waals surface area contributed by atoms with Crippen LogP contribution in [0.1, 0.15) is 79.2 Å². The fraction of sp³-hybridized carbons (Fsp3) is 0.312. The number of rotatable bonds is 6. The molecule has 4 aromatic rings. The second-order valence-electron chi connectivity index (χ2n) is 10.7. The van der Waals surface area contributed by atoms with Gasteiger partial charge in [-0.3, -0.25) is 10.4 Å². The Kier molecular flexibility index (Phi) is 5.55. The minimum absolute atomic E-state index is 0.0865. The third-order valence-electron chi connectivity index (χ3n) is 8.08. The summed E-state index contributed by atoms with van der Waals surface area (Å²) in [7, 11) is 0. The molecule has 0 bridgehead atoms. The second kappa shape index (κ2) is 8.77.